The molecule has 0 aliphatic rings. The first-order valence-corrected chi connectivity index (χ1v) is 7.05. The molecule has 0 saturated heterocycles. The quantitative estimate of drug-likeness (QED) is 0.933. The Balaban J connectivity index is 2.23. The summed E-state index contributed by atoms with van der Waals surface area (Å²) in [4.78, 5) is 15.8. The van der Waals surface area contributed by atoms with Gasteiger partial charge in [-0.2, -0.15) is 13.2 Å². The summed E-state index contributed by atoms with van der Waals surface area (Å²) in [6, 6.07) is 0.826. The molecule has 0 bridgehead atoms. The van der Waals surface area contributed by atoms with Crippen molar-refractivity contribution in [3.8, 4) is 0 Å². The molecule has 120 valence electrons. The smallest absolute Gasteiger partial charge is 0.356 e. The second kappa shape index (κ2) is 6.16. The van der Waals surface area contributed by atoms with Gasteiger partial charge in [0.2, 0.25) is 5.91 Å². The van der Waals surface area contributed by atoms with Crippen LogP contribution in [0.15, 0.2) is 18.5 Å². The van der Waals surface area contributed by atoms with Crippen molar-refractivity contribution < 1.29 is 18.0 Å². The summed E-state index contributed by atoms with van der Waals surface area (Å²) in [5.74, 6) is 0.0816. The number of amides is 1. The first-order valence-electron chi connectivity index (χ1n) is 6.68. The number of hydrogen-bond donors (Lipinski definition) is 1. The minimum atomic E-state index is -4.49. The van der Waals surface area contributed by atoms with Gasteiger partial charge in [0.05, 0.1) is 22.7 Å². The first kappa shape index (κ1) is 16.6. The highest BCUT2D eigenvalue weighted by Gasteiger charge is 2.31. The van der Waals surface area contributed by atoms with Crippen LogP contribution in [0.4, 0.5) is 13.2 Å². The molecule has 0 aliphatic carbocycles. The van der Waals surface area contributed by atoms with Crippen LogP contribution in [0, 0.1) is 5.92 Å². The van der Waals surface area contributed by atoms with Crippen LogP contribution in [-0.4, -0.2) is 21.8 Å². The zero-order valence-electron chi connectivity index (χ0n) is 12.0. The Labute approximate surface area is 130 Å². The van der Waals surface area contributed by atoms with Crippen LogP contribution in [0.2, 0.25) is 5.02 Å². The number of fused-ring (bicyclic) bond motifs is 1. The second-order valence-corrected chi connectivity index (χ2v) is 5.82. The number of carbonyl (C=O) groups is 1. The van der Waals surface area contributed by atoms with E-state index in [1.807, 2.05) is 13.8 Å². The molecule has 0 atom stereocenters. The van der Waals surface area contributed by atoms with Crippen molar-refractivity contribution in [2.75, 3.05) is 6.54 Å². The zero-order valence-corrected chi connectivity index (χ0v) is 12.8. The van der Waals surface area contributed by atoms with Gasteiger partial charge in [-0.15, -0.1) is 0 Å². The number of nitrogens with one attached hydrogen (secondary N) is 1. The average molecular weight is 334 g/mol. The molecule has 1 N–H and O–H groups in total. The third-order valence-electron chi connectivity index (χ3n) is 2.93. The van der Waals surface area contributed by atoms with Gasteiger partial charge in [-0.1, -0.05) is 25.4 Å². The molecule has 2 aromatic rings. The van der Waals surface area contributed by atoms with E-state index in [0.29, 0.717) is 18.2 Å². The predicted molar refractivity (Wildman–Crippen MR) is 76.8 cm³/mol. The Bertz CT molecular complexity index is 694. The molecule has 0 unspecified atom stereocenters. The molecule has 0 aromatic carbocycles. The van der Waals surface area contributed by atoms with E-state index in [0.717, 1.165) is 12.3 Å². The molecule has 1 amide bonds. The van der Waals surface area contributed by atoms with Crippen LogP contribution in [-0.2, 0) is 17.4 Å². The Kier molecular flexibility index (Phi) is 4.65. The summed E-state index contributed by atoms with van der Waals surface area (Å²) in [6.45, 7) is 4.46. The summed E-state index contributed by atoms with van der Waals surface area (Å²) in [5.41, 5.74) is -0.304. The maximum atomic E-state index is 12.7. The lowest BCUT2D eigenvalue weighted by molar-refractivity contribution is -0.137. The van der Waals surface area contributed by atoms with Crippen molar-refractivity contribution in [1.29, 1.82) is 0 Å². The van der Waals surface area contributed by atoms with Gasteiger partial charge >= 0.3 is 6.18 Å². The topological polar surface area (TPSA) is 46.4 Å². The zero-order chi connectivity index (χ0) is 16.5. The van der Waals surface area contributed by atoms with E-state index in [1.165, 1.54) is 10.6 Å². The van der Waals surface area contributed by atoms with Crippen molar-refractivity contribution in [3.05, 3.63) is 34.7 Å². The van der Waals surface area contributed by atoms with Gasteiger partial charge in [0.25, 0.3) is 0 Å². The van der Waals surface area contributed by atoms with Crippen LogP contribution in [0.1, 0.15) is 25.1 Å². The summed E-state index contributed by atoms with van der Waals surface area (Å²) in [7, 11) is 0. The summed E-state index contributed by atoms with van der Waals surface area (Å²) in [5, 5.41) is 2.62. The normalized spacial score (nSPS) is 12.1. The summed E-state index contributed by atoms with van der Waals surface area (Å²) < 4.78 is 39.4. The minimum Gasteiger partial charge on any atom is -0.356 e. The van der Waals surface area contributed by atoms with Crippen LogP contribution in [0.5, 0.6) is 0 Å². The Hall–Kier alpha value is -1.76. The third-order valence-corrected chi connectivity index (χ3v) is 3.21. The van der Waals surface area contributed by atoms with Crippen molar-refractivity contribution in [2.24, 2.45) is 5.92 Å². The van der Waals surface area contributed by atoms with Gasteiger partial charge in [-0.05, 0) is 12.0 Å². The molecule has 0 radical (unpaired) electrons. The maximum Gasteiger partial charge on any atom is 0.417 e. The standard InChI is InChI=1S/C14H15ClF3N3O/c1-8(2)5-19-12(22)4-10-7-21-6-9(14(16,17)18)3-11(15)13(21)20-10/h3,6-8H,4-5H2,1-2H3,(H,19,22). The highest BCUT2D eigenvalue weighted by molar-refractivity contribution is 6.33. The molecular formula is C14H15ClF3N3O. The van der Waals surface area contributed by atoms with Gasteiger partial charge in [-0.25, -0.2) is 4.98 Å². The van der Waals surface area contributed by atoms with E-state index in [2.05, 4.69) is 10.3 Å². The van der Waals surface area contributed by atoms with Gasteiger partial charge in [0, 0.05) is 18.9 Å². The van der Waals surface area contributed by atoms with E-state index in [-0.39, 0.29) is 23.0 Å². The molecule has 2 rings (SSSR count). The average Bonchev–Trinajstić information content (AvgIpc) is 2.78. The van der Waals surface area contributed by atoms with E-state index >= 15 is 0 Å². The van der Waals surface area contributed by atoms with Gasteiger partial charge in [0.1, 0.15) is 0 Å². The van der Waals surface area contributed by atoms with Gasteiger partial charge in [0.15, 0.2) is 5.65 Å². The minimum absolute atomic E-state index is 0.00786. The lowest BCUT2D eigenvalue weighted by Gasteiger charge is -2.07. The fraction of sp³-hybridized carbons (Fsp3) is 0.429. The van der Waals surface area contributed by atoms with Gasteiger partial charge in [-0.3, -0.25) is 4.79 Å². The molecular weight excluding hydrogens is 319 g/mol. The summed E-state index contributed by atoms with van der Waals surface area (Å²) >= 11 is 5.84. The van der Waals surface area contributed by atoms with E-state index < -0.39 is 11.7 Å². The Morgan fingerprint density at radius 3 is 2.68 bits per heavy atom. The Morgan fingerprint density at radius 1 is 1.41 bits per heavy atom. The number of halogens is 4. The van der Waals surface area contributed by atoms with Crippen LogP contribution < -0.4 is 5.32 Å². The lowest BCUT2D eigenvalue weighted by Crippen LogP contribution is -2.28. The fourth-order valence-corrected chi connectivity index (χ4v) is 2.15. The number of hydrogen-bond acceptors (Lipinski definition) is 2. The van der Waals surface area contributed by atoms with E-state index in [4.69, 9.17) is 11.6 Å². The Morgan fingerprint density at radius 2 is 2.09 bits per heavy atom. The SMILES string of the molecule is CC(C)CNC(=O)Cc1cn2cc(C(F)(F)F)cc(Cl)c2n1. The maximum absolute atomic E-state index is 12.7. The predicted octanol–water partition coefficient (Wildman–Crippen LogP) is 3.32. The molecule has 2 heterocycles. The van der Waals surface area contributed by atoms with E-state index in [9.17, 15) is 18.0 Å². The third kappa shape index (κ3) is 3.91. The number of nitrogens with zero attached hydrogens (tertiary/aromatic N) is 2. The first-order chi connectivity index (χ1) is 10.2. The fourth-order valence-electron chi connectivity index (χ4n) is 1.89. The van der Waals surface area contributed by atoms with Gasteiger partial charge < -0.3 is 9.72 Å². The number of pyridine rings is 1. The van der Waals surface area contributed by atoms with Crippen molar-refractivity contribution in [1.82, 2.24) is 14.7 Å². The molecule has 4 nitrogen and oxygen atoms in total. The number of aromatic nitrogens is 2. The number of imidazole rings is 1. The van der Waals surface area contributed by atoms with E-state index in [1.54, 1.807) is 0 Å². The number of alkyl halides is 3. The molecule has 8 heteroatoms. The van der Waals surface area contributed by atoms with Crippen LogP contribution in [0.3, 0.4) is 0 Å². The van der Waals surface area contributed by atoms with Crippen LogP contribution >= 0.6 is 11.6 Å². The molecule has 22 heavy (non-hydrogen) atoms. The largest absolute Gasteiger partial charge is 0.417 e. The molecule has 2 aromatic heterocycles. The molecule has 0 fully saturated rings. The van der Waals surface area contributed by atoms with Crippen molar-refractivity contribution >= 4 is 23.2 Å². The summed E-state index contributed by atoms with van der Waals surface area (Å²) in [6.07, 6.45) is -2.21. The van der Waals surface area contributed by atoms with Crippen LogP contribution in [0.25, 0.3) is 5.65 Å². The van der Waals surface area contributed by atoms with Crippen molar-refractivity contribution in [2.45, 2.75) is 26.4 Å². The number of carbonyl (C=O) groups excluding carboxylic acids is 1. The monoisotopic (exact) mass is 333 g/mol. The van der Waals surface area contributed by atoms with Crippen molar-refractivity contribution in [3.63, 3.8) is 0 Å². The molecule has 0 saturated carbocycles. The lowest BCUT2D eigenvalue weighted by atomic mass is 10.2. The highest BCUT2D eigenvalue weighted by Crippen LogP contribution is 2.32. The molecule has 0 aliphatic heterocycles. The highest BCUT2D eigenvalue weighted by atomic mass is 35.5. The number of rotatable bonds is 4. The molecule has 0 spiro atoms. The second-order valence-electron chi connectivity index (χ2n) is 5.41.